The lowest BCUT2D eigenvalue weighted by atomic mass is 9.96. The Morgan fingerprint density at radius 3 is 2.50 bits per heavy atom. The van der Waals surface area contributed by atoms with Gasteiger partial charge in [0.1, 0.15) is 5.82 Å². The highest BCUT2D eigenvalue weighted by atomic mass is 79.9. The second-order valence-electron chi connectivity index (χ2n) is 4.71. The first-order valence-electron chi connectivity index (χ1n) is 6.59. The summed E-state index contributed by atoms with van der Waals surface area (Å²) in [7, 11) is 0. The van der Waals surface area contributed by atoms with Gasteiger partial charge < -0.3 is 10.6 Å². The molecule has 1 aromatic heterocycles. The van der Waals surface area contributed by atoms with E-state index in [2.05, 4.69) is 64.2 Å². The van der Waals surface area contributed by atoms with Crippen molar-refractivity contribution in [1.82, 2.24) is 9.97 Å². The second-order valence-corrected chi connectivity index (χ2v) is 5.56. The smallest absolute Gasteiger partial charge is 0.224 e. The van der Waals surface area contributed by atoms with Gasteiger partial charge in [0.05, 0.1) is 4.47 Å². The molecule has 2 N–H and O–H groups in total. The Morgan fingerprint density at radius 1 is 1.28 bits per heavy atom. The van der Waals surface area contributed by atoms with Crippen LogP contribution in [0.15, 0.2) is 10.7 Å². The van der Waals surface area contributed by atoms with Crippen molar-refractivity contribution in [3.05, 3.63) is 10.7 Å². The number of halogens is 1. The molecule has 0 saturated heterocycles. The summed E-state index contributed by atoms with van der Waals surface area (Å²) in [6.45, 7) is 9.58. The molecule has 0 radical (unpaired) electrons. The van der Waals surface area contributed by atoms with Crippen LogP contribution in [0.3, 0.4) is 0 Å². The van der Waals surface area contributed by atoms with Crippen LogP contribution in [0.2, 0.25) is 0 Å². The van der Waals surface area contributed by atoms with Crippen molar-refractivity contribution in [2.24, 2.45) is 0 Å². The van der Waals surface area contributed by atoms with Gasteiger partial charge in [0, 0.05) is 18.3 Å². The molecule has 0 aliphatic heterocycles. The number of anilines is 2. The number of hydrogen-bond donors (Lipinski definition) is 2. The molecule has 0 bridgehead atoms. The summed E-state index contributed by atoms with van der Waals surface area (Å²) in [5, 5.41) is 6.70. The summed E-state index contributed by atoms with van der Waals surface area (Å²) in [5.74, 6) is 1.53. The van der Waals surface area contributed by atoms with Crippen molar-refractivity contribution >= 4 is 27.7 Å². The quantitative estimate of drug-likeness (QED) is 0.797. The van der Waals surface area contributed by atoms with E-state index in [4.69, 9.17) is 0 Å². The van der Waals surface area contributed by atoms with Crippen molar-refractivity contribution in [1.29, 1.82) is 0 Å². The predicted molar refractivity (Wildman–Crippen MR) is 81.1 cm³/mol. The lowest BCUT2D eigenvalue weighted by Gasteiger charge is -2.29. The Labute approximate surface area is 118 Å². The molecule has 0 unspecified atom stereocenters. The highest BCUT2D eigenvalue weighted by Crippen LogP contribution is 2.26. The molecule has 0 saturated carbocycles. The third-order valence-electron chi connectivity index (χ3n) is 3.26. The van der Waals surface area contributed by atoms with Crippen LogP contribution in [-0.2, 0) is 0 Å². The van der Waals surface area contributed by atoms with Gasteiger partial charge in [0.15, 0.2) is 0 Å². The monoisotopic (exact) mass is 314 g/mol. The molecule has 0 amide bonds. The fourth-order valence-electron chi connectivity index (χ4n) is 1.49. The minimum absolute atomic E-state index is 0.0684. The average molecular weight is 315 g/mol. The van der Waals surface area contributed by atoms with Crippen LogP contribution < -0.4 is 10.6 Å². The third kappa shape index (κ3) is 4.12. The number of nitrogens with zero attached hydrogens (tertiary/aromatic N) is 2. The molecule has 4 nitrogen and oxygen atoms in total. The molecular formula is C13H23BrN4. The Morgan fingerprint density at radius 2 is 1.94 bits per heavy atom. The molecule has 0 aromatic carbocycles. The Balaban J connectivity index is 2.86. The molecule has 0 aliphatic carbocycles. The van der Waals surface area contributed by atoms with E-state index in [9.17, 15) is 0 Å². The number of hydrogen-bond acceptors (Lipinski definition) is 4. The largest absolute Gasteiger partial charge is 0.364 e. The molecule has 0 spiro atoms. The van der Waals surface area contributed by atoms with Gasteiger partial charge in [-0.3, -0.25) is 0 Å². The zero-order chi connectivity index (χ0) is 13.6. The first-order chi connectivity index (χ1) is 8.54. The second kappa shape index (κ2) is 6.92. The molecule has 1 heterocycles. The topological polar surface area (TPSA) is 49.8 Å². The van der Waals surface area contributed by atoms with Crippen LogP contribution in [0.4, 0.5) is 11.8 Å². The summed E-state index contributed by atoms with van der Waals surface area (Å²) in [6, 6.07) is 0. The number of rotatable bonds is 7. The molecule has 0 aliphatic rings. The minimum atomic E-state index is 0.0684. The fraction of sp³-hybridized carbons (Fsp3) is 0.692. The lowest BCUT2D eigenvalue weighted by molar-refractivity contribution is 0.476. The van der Waals surface area contributed by atoms with E-state index in [0.29, 0.717) is 5.95 Å². The highest BCUT2D eigenvalue weighted by molar-refractivity contribution is 9.10. The van der Waals surface area contributed by atoms with E-state index in [0.717, 1.165) is 36.1 Å². The van der Waals surface area contributed by atoms with Crippen LogP contribution in [0.5, 0.6) is 0 Å². The standard InChI is InChI=1S/C13H23BrN4/c1-5-8-15-12-16-9-10(14)11(17-12)18-13(4,6-2)7-3/h9H,5-8H2,1-4H3,(H2,15,16,17,18). The maximum atomic E-state index is 4.51. The Kier molecular flexibility index (Phi) is 5.85. The molecule has 1 aromatic rings. The van der Waals surface area contributed by atoms with Gasteiger partial charge in [0.25, 0.3) is 0 Å². The van der Waals surface area contributed by atoms with Gasteiger partial charge in [-0.15, -0.1) is 0 Å². The summed E-state index contributed by atoms with van der Waals surface area (Å²) < 4.78 is 0.901. The van der Waals surface area contributed by atoms with E-state index < -0.39 is 0 Å². The van der Waals surface area contributed by atoms with Crippen LogP contribution in [-0.4, -0.2) is 22.1 Å². The Hall–Kier alpha value is -0.840. The van der Waals surface area contributed by atoms with Crippen molar-refractivity contribution in [2.45, 2.75) is 52.5 Å². The van der Waals surface area contributed by atoms with E-state index in [1.807, 2.05) is 0 Å². The normalized spacial score (nSPS) is 11.4. The van der Waals surface area contributed by atoms with Gasteiger partial charge in [-0.1, -0.05) is 20.8 Å². The third-order valence-corrected chi connectivity index (χ3v) is 3.84. The van der Waals surface area contributed by atoms with Gasteiger partial charge in [-0.05, 0) is 42.1 Å². The SMILES string of the molecule is CCCNc1ncc(Br)c(NC(C)(CC)CC)n1. The minimum Gasteiger partial charge on any atom is -0.364 e. The van der Waals surface area contributed by atoms with Crippen molar-refractivity contribution in [2.75, 3.05) is 17.2 Å². The summed E-state index contributed by atoms with van der Waals surface area (Å²) in [6.07, 6.45) is 4.96. The van der Waals surface area contributed by atoms with E-state index in [1.165, 1.54) is 0 Å². The molecular weight excluding hydrogens is 292 g/mol. The maximum absolute atomic E-state index is 4.51. The molecule has 18 heavy (non-hydrogen) atoms. The zero-order valence-corrected chi connectivity index (χ0v) is 13.3. The van der Waals surface area contributed by atoms with Gasteiger partial charge >= 0.3 is 0 Å². The number of aromatic nitrogens is 2. The van der Waals surface area contributed by atoms with Crippen LogP contribution in [0, 0.1) is 0 Å². The first kappa shape index (κ1) is 15.2. The van der Waals surface area contributed by atoms with E-state index in [-0.39, 0.29) is 5.54 Å². The molecule has 0 fully saturated rings. The van der Waals surface area contributed by atoms with E-state index >= 15 is 0 Å². The summed E-state index contributed by atoms with van der Waals surface area (Å²) in [4.78, 5) is 8.76. The first-order valence-corrected chi connectivity index (χ1v) is 7.38. The molecule has 5 heteroatoms. The molecule has 0 atom stereocenters. The van der Waals surface area contributed by atoms with Gasteiger partial charge in [-0.2, -0.15) is 4.98 Å². The van der Waals surface area contributed by atoms with Crippen LogP contribution in [0.1, 0.15) is 47.0 Å². The molecule has 1 rings (SSSR count). The lowest BCUT2D eigenvalue weighted by Crippen LogP contribution is -2.33. The summed E-state index contributed by atoms with van der Waals surface area (Å²) >= 11 is 3.49. The zero-order valence-electron chi connectivity index (χ0n) is 11.7. The van der Waals surface area contributed by atoms with Crippen LogP contribution in [0.25, 0.3) is 0 Å². The average Bonchev–Trinajstić information content (AvgIpc) is 2.39. The Bertz CT molecular complexity index is 377. The maximum Gasteiger partial charge on any atom is 0.224 e. The predicted octanol–water partition coefficient (Wildman–Crippen LogP) is 4.05. The fourth-order valence-corrected chi connectivity index (χ4v) is 1.78. The van der Waals surface area contributed by atoms with Gasteiger partial charge in [0.2, 0.25) is 5.95 Å². The van der Waals surface area contributed by atoms with Crippen molar-refractivity contribution < 1.29 is 0 Å². The van der Waals surface area contributed by atoms with Crippen molar-refractivity contribution in [3.8, 4) is 0 Å². The van der Waals surface area contributed by atoms with Crippen LogP contribution >= 0.6 is 15.9 Å². The van der Waals surface area contributed by atoms with Gasteiger partial charge in [-0.25, -0.2) is 4.98 Å². The van der Waals surface area contributed by atoms with E-state index in [1.54, 1.807) is 6.20 Å². The number of nitrogens with one attached hydrogen (secondary N) is 2. The summed E-state index contributed by atoms with van der Waals surface area (Å²) in [5.41, 5.74) is 0.0684. The van der Waals surface area contributed by atoms with Crippen molar-refractivity contribution in [3.63, 3.8) is 0 Å². The molecule has 102 valence electrons. The highest BCUT2D eigenvalue weighted by Gasteiger charge is 2.21.